The summed E-state index contributed by atoms with van der Waals surface area (Å²) < 4.78 is 7.34. The molecule has 0 aliphatic carbocycles. The molecule has 0 fully saturated rings. The van der Waals surface area contributed by atoms with Gasteiger partial charge in [0.15, 0.2) is 0 Å². The Kier molecular flexibility index (Phi) is 5.69. The summed E-state index contributed by atoms with van der Waals surface area (Å²) in [7, 11) is 1.60. The van der Waals surface area contributed by atoms with Crippen LogP contribution >= 0.6 is 0 Å². The zero-order valence-corrected chi connectivity index (χ0v) is 15.1. The van der Waals surface area contributed by atoms with Crippen molar-refractivity contribution in [2.45, 2.75) is 19.8 Å². The summed E-state index contributed by atoms with van der Waals surface area (Å²) in [6, 6.07) is 15.7. The van der Waals surface area contributed by atoms with E-state index >= 15 is 0 Å². The monoisotopic (exact) mass is 349 g/mol. The number of aromatic nitrogens is 2. The van der Waals surface area contributed by atoms with Crippen LogP contribution in [0, 0.1) is 6.92 Å². The molecule has 1 aromatic heterocycles. The third-order valence-corrected chi connectivity index (χ3v) is 4.20. The van der Waals surface area contributed by atoms with E-state index < -0.39 is 0 Å². The molecule has 1 N–H and O–H groups in total. The van der Waals surface area contributed by atoms with Gasteiger partial charge in [0.1, 0.15) is 5.75 Å². The van der Waals surface area contributed by atoms with Crippen LogP contribution in [0.5, 0.6) is 5.75 Å². The van der Waals surface area contributed by atoms with Crippen LogP contribution in [0.15, 0.2) is 61.1 Å². The molecule has 2 aromatic carbocycles. The zero-order valence-electron chi connectivity index (χ0n) is 15.1. The van der Waals surface area contributed by atoms with Gasteiger partial charge < -0.3 is 14.6 Å². The van der Waals surface area contributed by atoms with Crippen LogP contribution in [0.1, 0.15) is 28.0 Å². The largest absolute Gasteiger partial charge is 0.495 e. The van der Waals surface area contributed by atoms with Gasteiger partial charge in [-0.05, 0) is 43.5 Å². The lowest BCUT2D eigenvalue weighted by molar-refractivity contribution is 0.0953. The molecule has 0 unspecified atom stereocenters. The number of aryl methyl sites for hydroxylation is 2. The van der Waals surface area contributed by atoms with E-state index in [1.54, 1.807) is 25.6 Å². The van der Waals surface area contributed by atoms with E-state index in [0.29, 0.717) is 17.9 Å². The van der Waals surface area contributed by atoms with Crippen molar-refractivity contribution in [2.75, 3.05) is 13.7 Å². The summed E-state index contributed by atoms with van der Waals surface area (Å²) in [5.41, 5.74) is 3.64. The van der Waals surface area contributed by atoms with Gasteiger partial charge in [0, 0.05) is 18.3 Å². The number of hydrogen-bond donors (Lipinski definition) is 1. The number of ether oxygens (including phenoxy) is 1. The lowest BCUT2D eigenvalue weighted by atomic mass is 10.1. The minimum atomic E-state index is -0.0928. The van der Waals surface area contributed by atoms with Crippen molar-refractivity contribution in [3.8, 4) is 11.4 Å². The van der Waals surface area contributed by atoms with Gasteiger partial charge >= 0.3 is 0 Å². The number of nitrogens with zero attached hydrogens (tertiary/aromatic N) is 2. The molecule has 0 saturated carbocycles. The maximum Gasteiger partial charge on any atom is 0.251 e. The number of carbonyl (C=O) groups excluding carboxylic acids is 1. The van der Waals surface area contributed by atoms with Crippen LogP contribution in [0.3, 0.4) is 0 Å². The first-order valence-corrected chi connectivity index (χ1v) is 8.68. The number of carbonyl (C=O) groups is 1. The average molecular weight is 349 g/mol. The van der Waals surface area contributed by atoms with Crippen LogP contribution in [0.2, 0.25) is 0 Å². The van der Waals surface area contributed by atoms with Crippen molar-refractivity contribution >= 4 is 5.91 Å². The van der Waals surface area contributed by atoms with Gasteiger partial charge in [-0.3, -0.25) is 4.79 Å². The Labute approximate surface area is 153 Å². The highest BCUT2D eigenvalue weighted by atomic mass is 16.5. The zero-order chi connectivity index (χ0) is 18.4. The Hall–Kier alpha value is -3.08. The number of methoxy groups -OCH3 is 1. The molecule has 0 atom stereocenters. The molecule has 5 heteroatoms. The maximum atomic E-state index is 12.4. The van der Waals surface area contributed by atoms with E-state index in [-0.39, 0.29) is 5.91 Å². The summed E-state index contributed by atoms with van der Waals surface area (Å²) in [5.74, 6) is 0.545. The van der Waals surface area contributed by atoms with E-state index in [1.807, 2.05) is 42.0 Å². The van der Waals surface area contributed by atoms with Crippen LogP contribution < -0.4 is 10.1 Å². The summed E-state index contributed by atoms with van der Waals surface area (Å²) in [6.07, 6.45) is 5.50. The molecular weight excluding hydrogens is 326 g/mol. The number of benzene rings is 2. The van der Waals surface area contributed by atoms with Crippen LogP contribution in [-0.4, -0.2) is 29.1 Å². The van der Waals surface area contributed by atoms with E-state index in [9.17, 15) is 4.79 Å². The van der Waals surface area contributed by atoms with Crippen molar-refractivity contribution in [3.05, 3.63) is 77.9 Å². The summed E-state index contributed by atoms with van der Waals surface area (Å²) in [4.78, 5) is 16.6. The van der Waals surface area contributed by atoms with Gasteiger partial charge in [-0.25, -0.2) is 4.98 Å². The molecule has 1 heterocycles. The van der Waals surface area contributed by atoms with E-state index in [4.69, 9.17) is 4.74 Å². The Balaban J connectivity index is 1.60. The van der Waals surface area contributed by atoms with Gasteiger partial charge in [-0.1, -0.05) is 30.3 Å². The minimum absolute atomic E-state index is 0.0928. The SMILES string of the molecule is COc1cc(C(=O)NCCCc2ccccc2)ccc1-n1cnc(C)c1. The Morgan fingerprint density at radius 1 is 1.19 bits per heavy atom. The minimum Gasteiger partial charge on any atom is -0.495 e. The molecule has 0 bridgehead atoms. The number of hydrogen-bond acceptors (Lipinski definition) is 3. The fraction of sp³-hybridized carbons (Fsp3) is 0.238. The smallest absolute Gasteiger partial charge is 0.251 e. The Morgan fingerprint density at radius 2 is 2.00 bits per heavy atom. The number of amides is 1. The molecule has 0 saturated heterocycles. The summed E-state index contributed by atoms with van der Waals surface area (Å²) in [6.45, 7) is 2.57. The number of nitrogens with one attached hydrogen (secondary N) is 1. The predicted octanol–water partition coefficient (Wildman–Crippen LogP) is 3.55. The van der Waals surface area contributed by atoms with Crippen LogP contribution in [0.4, 0.5) is 0 Å². The second-order valence-electron chi connectivity index (χ2n) is 6.15. The number of imidazole rings is 1. The quantitative estimate of drug-likeness (QED) is 0.664. The van der Waals surface area contributed by atoms with Gasteiger partial charge in [-0.2, -0.15) is 0 Å². The standard InChI is InChI=1S/C21H23N3O2/c1-16-14-24(15-23-16)19-11-10-18(13-20(19)26-2)21(25)22-12-6-9-17-7-4-3-5-8-17/h3-5,7-8,10-11,13-15H,6,9,12H2,1-2H3,(H,22,25). The first kappa shape index (κ1) is 17.7. The average Bonchev–Trinajstić information content (AvgIpc) is 3.11. The van der Waals surface area contributed by atoms with Gasteiger partial charge in [0.25, 0.3) is 5.91 Å². The summed E-state index contributed by atoms with van der Waals surface area (Å²) >= 11 is 0. The normalized spacial score (nSPS) is 10.5. The van der Waals surface area contributed by atoms with E-state index in [1.165, 1.54) is 5.56 Å². The highest BCUT2D eigenvalue weighted by Crippen LogP contribution is 2.24. The third-order valence-electron chi connectivity index (χ3n) is 4.20. The highest BCUT2D eigenvalue weighted by Gasteiger charge is 2.11. The van der Waals surface area contributed by atoms with Crippen molar-refractivity contribution in [2.24, 2.45) is 0 Å². The molecule has 3 aromatic rings. The fourth-order valence-corrected chi connectivity index (χ4v) is 2.83. The molecule has 0 spiro atoms. The molecule has 5 nitrogen and oxygen atoms in total. The predicted molar refractivity (Wildman–Crippen MR) is 102 cm³/mol. The van der Waals surface area contributed by atoms with Gasteiger partial charge in [0.05, 0.1) is 24.8 Å². The lowest BCUT2D eigenvalue weighted by Gasteiger charge is -2.11. The van der Waals surface area contributed by atoms with Crippen molar-refractivity contribution < 1.29 is 9.53 Å². The van der Waals surface area contributed by atoms with Gasteiger partial charge in [-0.15, -0.1) is 0 Å². The van der Waals surface area contributed by atoms with E-state index in [2.05, 4.69) is 22.4 Å². The molecule has 1 amide bonds. The molecule has 26 heavy (non-hydrogen) atoms. The topological polar surface area (TPSA) is 56.1 Å². The fourth-order valence-electron chi connectivity index (χ4n) is 2.83. The molecular formula is C21H23N3O2. The number of rotatable bonds is 7. The first-order valence-electron chi connectivity index (χ1n) is 8.68. The van der Waals surface area contributed by atoms with Crippen molar-refractivity contribution in [3.63, 3.8) is 0 Å². The molecule has 0 aliphatic heterocycles. The molecule has 0 aliphatic rings. The molecule has 0 radical (unpaired) electrons. The van der Waals surface area contributed by atoms with Crippen LogP contribution in [-0.2, 0) is 6.42 Å². The Bertz CT molecular complexity index is 872. The molecule has 3 rings (SSSR count). The van der Waals surface area contributed by atoms with Crippen LogP contribution in [0.25, 0.3) is 5.69 Å². The first-order chi connectivity index (χ1) is 12.7. The van der Waals surface area contributed by atoms with Crippen molar-refractivity contribution in [1.82, 2.24) is 14.9 Å². The Morgan fingerprint density at radius 3 is 2.69 bits per heavy atom. The molecule has 134 valence electrons. The maximum absolute atomic E-state index is 12.4. The lowest BCUT2D eigenvalue weighted by Crippen LogP contribution is -2.24. The highest BCUT2D eigenvalue weighted by molar-refractivity contribution is 5.95. The second kappa shape index (κ2) is 8.34. The summed E-state index contributed by atoms with van der Waals surface area (Å²) in [5, 5.41) is 2.97. The van der Waals surface area contributed by atoms with Crippen molar-refractivity contribution in [1.29, 1.82) is 0 Å². The second-order valence-corrected chi connectivity index (χ2v) is 6.15. The van der Waals surface area contributed by atoms with E-state index in [0.717, 1.165) is 24.2 Å². The van der Waals surface area contributed by atoms with Gasteiger partial charge in [0.2, 0.25) is 0 Å². The third kappa shape index (κ3) is 4.30.